The number of nitrogens with zero attached hydrogens (tertiary/aromatic N) is 1. The average Bonchev–Trinajstić information content (AvgIpc) is 2.50. The van der Waals surface area contributed by atoms with Crippen LogP contribution in [0.4, 0.5) is 5.69 Å². The minimum Gasteiger partial charge on any atom is -0.471 e. The van der Waals surface area contributed by atoms with Crippen LogP contribution in [0.1, 0.15) is 26.7 Å². The van der Waals surface area contributed by atoms with Gasteiger partial charge in [0.1, 0.15) is 5.75 Å². The van der Waals surface area contributed by atoms with Gasteiger partial charge in [0, 0.05) is 12.2 Å². The van der Waals surface area contributed by atoms with Crippen molar-refractivity contribution in [2.45, 2.75) is 32.9 Å². The Morgan fingerprint density at radius 2 is 1.55 bits per heavy atom. The Hall–Kier alpha value is -1.96. The quantitative estimate of drug-likeness (QED) is 0.674. The molecular formula is C18H23NO. The third-order valence-electron chi connectivity index (χ3n) is 3.33. The summed E-state index contributed by atoms with van der Waals surface area (Å²) in [5.74, 6) is 0.914. The van der Waals surface area contributed by atoms with E-state index >= 15 is 0 Å². The highest BCUT2D eigenvalue weighted by Crippen LogP contribution is 2.20. The van der Waals surface area contributed by atoms with Gasteiger partial charge in [-0.15, -0.1) is 0 Å². The molecule has 2 rings (SSSR count). The number of hydrogen-bond donors (Lipinski definition) is 0. The molecule has 1 unspecified atom stereocenters. The van der Waals surface area contributed by atoms with Crippen molar-refractivity contribution in [2.75, 3.05) is 11.4 Å². The van der Waals surface area contributed by atoms with Gasteiger partial charge in [-0.3, -0.25) is 0 Å². The molecule has 0 saturated carbocycles. The highest BCUT2D eigenvalue weighted by Gasteiger charge is 2.15. The fourth-order valence-electron chi connectivity index (χ4n) is 2.23. The van der Waals surface area contributed by atoms with Gasteiger partial charge in [0.15, 0.2) is 6.23 Å². The Labute approximate surface area is 122 Å². The summed E-state index contributed by atoms with van der Waals surface area (Å²) in [5.41, 5.74) is 1.21. The molecule has 0 aliphatic carbocycles. The first kappa shape index (κ1) is 14.4. The van der Waals surface area contributed by atoms with Gasteiger partial charge >= 0.3 is 0 Å². The molecule has 0 aromatic heterocycles. The van der Waals surface area contributed by atoms with Crippen LogP contribution in [0.25, 0.3) is 0 Å². The van der Waals surface area contributed by atoms with Gasteiger partial charge in [0.05, 0.1) is 0 Å². The third-order valence-corrected chi connectivity index (χ3v) is 3.33. The zero-order valence-electron chi connectivity index (χ0n) is 12.3. The highest BCUT2D eigenvalue weighted by molar-refractivity contribution is 5.46. The molecule has 0 bridgehead atoms. The van der Waals surface area contributed by atoms with E-state index < -0.39 is 0 Å². The number of unbranched alkanes of at least 4 members (excludes halogenated alkanes) is 1. The molecule has 0 radical (unpaired) electrons. The summed E-state index contributed by atoms with van der Waals surface area (Å²) in [6, 6.07) is 20.5. The molecule has 2 aromatic carbocycles. The van der Waals surface area contributed by atoms with Gasteiger partial charge < -0.3 is 9.64 Å². The van der Waals surface area contributed by atoms with E-state index in [1.54, 1.807) is 0 Å². The second kappa shape index (κ2) is 7.59. The van der Waals surface area contributed by atoms with E-state index in [0.717, 1.165) is 18.7 Å². The van der Waals surface area contributed by atoms with Gasteiger partial charge in [-0.05, 0) is 37.6 Å². The minimum absolute atomic E-state index is 0.0198. The molecule has 0 saturated heterocycles. The maximum atomic E-state index is 6.05. The standard InChI is InChI=1S/C18H23NO/c1-3-4-15-19(17-11-7-5-8-12-17)16(2)20-18-13-9-6-10-14-18/h5-14,16H,3-4,15H2,1-2H3. The van der Waals surface area contributed by atoms with Gasteiger partial charge in [0.2, 0.25) is 0 Å². The second-order valence-electron chi connectivity index (χ2n) is 4.91. The molecule has 0 fully saturated rings. The Morgan fingerprint density at radius 1 is 0.950 bits per heavy atom. The van der Waals surface area contributed by atoms with Crippen molar-refractivity contribution in [3.63, 3.8) is 0 Å². The van der Waals surface area contributed by atoms with Gasteiger partial charge in [-0.2, -0.15) is 0 Å². The predicted octanol–water partition coefficient (Wildman–Crippen LogP) is 4.72. The average molecular weight is 269 g/mol. The summed E-state index contributed by atoms with van der Waals surface area (Å²) in [5, 5.41) is 0. The zero-order chi connectivity index (χ0) is 14.2. The van der Waals surface area contributed by atoms with E-state index in [4.69, 9.17) is 4.74 Å². The number of hydrogen-bond acceptors (Lipinski definition) is 2. The molecule has 20 heavy (non-hydrogen) atoms. The lowest BCUT2D eigenvalue weighted by Crippen LogP contribution is -2.38. The molecule has 0 N–H and O–H groups in total. The van der Waals surface area contributed by atoms with Crippen LogP contribution < -0.4 is 9.64 Å². The highest BCUT2D eigenvalue weighted by atomic mass is 16.5. The maximum Gasteiger partial charge on any atom is 0.169 e. The summed E-state index contributed by atoms with van der Waals surface area (Å²) in [6.45, 7) is 5.33. The lowest BCUT2D eigenvalue weighted by Gasteiger charge is -2.31. The fourth-order valence-corrected chi connectivity index (χ4v) is 2.23. The second-order valence-corrected chi connectivity index (χ2v) is 4.91. The third kappa shape index (κ3) is 4.02. The summed E-state index contributed by atoms with van der Waals surface area (Å²) in [7, 11) is 0. The van der Waals surface area contributed by atoms with Crippen LogP contribution in [0.5, 0.6) is 5.75 Å². The van der Waals surface area contributed by atoms with Crippen molar-refractivity contribution >= 4 is 5.69 Å². The van der Waals surface area contributed by atoms with Crippen molar-refractivity contribution in [1.82, 2.24) is 0 Å². The minimum atomic E-state index is 0.0198. The molecule has 2 nitrogen and oxygen atoms in total. The van der Waals surface area contributed by atoms with Crippen LogP contribution in [0.15, 0.2) is 60.7 Å². The Balaban J connectivity index is 2.10. The molecule has 2 aromatic rings. The van der Waals surface area contributed by atoms with Crippen LogP contribution in [0, 0.1) is 0 Å². The van der Waals surface area contributed by atoms with Gasteiger partial charge in [0.25, 0.3) is 0 Å². The SMILES string of the molecule is CCCCN(c1ccccc1)C(C)Oc1ccccc1. The van der Waals surface area contributed by atoms with Crippen LogP contribution in [0.3, 0.4) is 0 Å². The maximum absolute atomic E-state index is 6.05. The Morgan fingerprint density at radius 3 is 2.15 bits per heavy atom. The molecule has 2 heteroatoms. The van der Waals surface area contributed by atoms with Crippen molar-refractivity contribution in [3.8, 4) is 5.75 Å². The van der Waals surface area contributed by atoms with E-state index in [1.165, 1.54) is 12.1 Å². The molecule has 1 atom stereocenters. The molecule has 0 amide bonds. The summed E-state index contributed by atoms with van der Waals surface area (Å²) in [4.78, 5) is 2.32. The number of anilines is 1. The number of benzene rings is 2. The van der Waals surface area contributed by atoms with Crippen molar-refractivity contribution in [1.29, 1.82) is 0 Å². The van der Waals surface area contributed by atoms with E-state index in [9.17, 15) is 0 Å². The summed E-state index contributed by atoms with van der Waals surface area (Å²) in [6.07, 6.45) is 2.37. The smallest absolute Gasteiger partial charge is 0.169 e. The largest absolute Gasteiger partial charge is 0.471 e. The van der Waals surface area contributed by atoms with Crippen molar-refractivity contribution < 1.29 is 4.74 Å². The first-order valence-corrected chi connectivity index (χ1v) is 7.34. The Bertz CT molecular complexity index is 483. The van der Waals surface area contributed by atoms with Gasteiger partial charge in [-0.1, -0.05) is 49.7 Å². The lowest BCUT2D eigenvalue weighted by atomic mass is 10.2. The molecular weight excluding hydrogens is 246 g/mol. The molecule has 0 spiro atoms. The van der Waals surface area contributed by atoms with Gasteiger partial charge in [-0.25, -0.2) is 0 Å². The van der Waals surface area contributed by atoms with E-state index in [1.807, 2.05) is 36.4 Å². The lowest BCUT2D eigenvalue weighted by molar-refractivity contribution is 0.214. The first-order chi connectivity index (χ1) is 9.81. The summed E-state index contributed by atoms with van der Waals surface area (Å²) >= 11 is 0. The van der Waals surface area contributed by atoms with Crippen LogP contribution >= 0.6 is 0 Å². The van der Waals surface area contributed by atoms with E-state index in [-0.39, 0.29) is 6.23 Å². The first-order valence-electron chi connectivity index (χ1n) is 7.34. The van der Waals surface area contributed by atoms with E-state index in [0.29, 0.717) is 0 Å². The molecule has 0 aliphatic rings. The zero-order valence-corrected chi connectivity index (χ0v) is 12.3. The predicted molar refractivity (Wildman–Crippen MR) is 85.2 cm³/mol. The van der Waals surface area contributed by atoms with Crippen LogP contribution in [-0.4, -0.2) is 12.8 Å². The number of rotatable bonds is 7. The number of para-hydroxylation sites is 2. The Kier molecular flexibility index (Phi) is 5.48. The van der Waals surface area contributed by atoms with Crippen molar-refractivity contribution in [3.05, 3.63) is 60.7 Å². The van der Waals surface area contributed by atoms with E-state index in [2.05, 4.69) is 43.0 Å². The molecule has 0 heterocycles. The van der Waals surface area contributed by atoms with Crippen LogP contribution in [0.2, 0.25) is 0 Å². The fraction of sp³-hybridized carbons (Fsp3) is 0.333. The normalized spacial score (nSPS) is 11.9. The molecule has 0 aliphatic heterocycles. The monoisotopic (exact) mass is 269 g/mol. The number of ether oxygens (including phenoxy) is 1. The molecule has 106 valence electrons. The van der Waals surface area contributed by atoms with Crippen LogP contribution in [-0.2, 0) is 0 Å². The van der Waals surface area contributed by atoms with Crippen molar-refractivity contribution in [2.24, 2.45) is 0 Å². The summed E-state index contributed by atoms with van der Waals surface area (Å²) < 4.78 is 6.05. The topological polar surface area (TPSA) is 12.5 Å².